The van der Waals surface area contributed by atoms with E-state index in [1.54, 1.807) is 14.2 Å². The van der Waals surface area contributed by atoms with E-state index >= 15 is 0 Å². The van der Waals surface area contributed by atoms with Crippen molar-refractivity contribution in [2.45, 2.75) is 44.8 Å². The molecule has 1 heterocycles. The van der Waals surface area contributed by atoms with Gasteiger partial charge in [-0.3, -0.25) is 4.98 Å². The third kappa shape index (κ3) is 3.13. The lowest BCUT2D eigenvalue weighted by Crippen LogP contribution is -2.22. The van der Waals surface area contributed by atoms with Gasteiger partial charge in [-0.2, -0.15) is 0 Å². The maximum atomic E-state index is 5.47. The second-order valence-electron chi connectivity index (χ2n) is 4.75. The Morgan fingerprint density at radius 1 is 1.28 bits per heavy atom. The summed E-state index contributed by atoms with van der Waals surface area (Å²) < 4.78 is 10.6. The molecule has 100 valence electrons. The fourth-order valence-electron chi connectivity index (χ4n) is 2.54. The van der Waals surface area contributed by atoms with E-state index in [1.807, 2.05) is 12.3 Å². The quantitative estimate of drug-likeness (QED) is 0.872. The number of nitrogens with zero attached hydrogens (tertiary/aromatic N) is 1. The van der Waals surface area contributed by atoms with Crippen LogP contribution in [0.2, 0.25) is 0 Å². The zero-order valence-corrected chi connectivity index (χ0v) is 11.2. The van der Waals surface area contributed by atoms with Gasteiger partial charge in [0, 0.05) is 19.3 Å². The van der Waals surface area contributed by atoms with Crippen LogP contribution in [0.1, 0.15) is 37.8 Å². The fourth-order valence-corrected chi connectivity index (χ4v) is 2.54. The first-order valence-corrected chi connectivity index (χ1v) is 6.62. The molecule has 0 bridgehead atoms. The molecule has 2 rings (SSSR count). The number of aromatic nitrogens is 1. The lowest BCUT2D eigenvalue weighted by atomic mass is 9.95. The Kier molecular flexibility index (Phi) is 4.81. The number of ether oxygens (including phenoxy) is 2. The molecule has 0 radical (unpaired) electrons. The minimum absolute atomic E-state index is 0.476. The normalized spacial score (nSPS) is 16.6. The van der Waals surface area contributed by atoms with Crippen LogP contribution in [-0.2, 0) is 11.3 Å². The summed E-state index contributed by atoms with van der Waals surface area (Å²) in [4.78, 5) is 4.30. The predicted molar refractivity (Wildman–Crippen MR) is 72.0 cm³/mol. The molecular weight excluding hydrogens is 228 g/mol. The topological polar surface area (TPSA) is 43.4 Å². The molecule has 1 aliphatic carbocycles. The maximum Gasteiger partial charge on any atom is 0.165 e. The average molecular weight is 250 g/mol. The van der Waals surface area contributed by atoms with Gasteiger partial charge in [-0.25, -0.2) is 0 Å². The predicted octanol–water partition coefficient (Wildman–Crippen LogP) is 2.98. The van der Waals surface area contributed by atoms with Gasteiger partial charge in [0.25, 0.3) is 0 Å². The standard InChI is InChI=1S/C14H22N2O2/c1-17-10-13-14(18-2)12(8-9-15-13)16-11-6-4-3-5-7-11/h8-9,11H,3-7,10H2,1-2H3,(H,15,16). The molecule has 0 saturated heterocycles. The van der Waals surface area contributed by atoms with Gasteiger partial charge in [-0.15, -0.1) is 0 Å². The van der Waals surface area contributed by atoms with Crippen LogP contribution >= 0.6 is 0 Å². The number of rotatable bonds is 5. The van der Waals surface area contributed by atoms with Gasteiger partial charge in [0.1, 0.15) is 5.69 Å². The molecule has 1 saturated carbocycles. The first kappa shape index (κ1) is 13.1. The van der Waals surface area contributed by atoms with Gasteiger partial charge in [0.05, 0.1) is 19.4 Å². The number of pyridine rings is 1. The zero-order valence-electron chi connectivity index (χ0n) is 11.2. The van der Waals surface area contributed by atoms with Crippen LogP contribution in [0.15, 0.2) is 12.3 Å². The largest absolute Gasteiger partial charge is 0.493 e. The molecule has 1 aromatic heterocycles. The minimum Gasteiger partial charge on any atom is -0.493 e. The average Bonchev–Trinajstić information content (AvgIpc) is 2.41. The molecule has 1 fully saturated rings. The molecule has 4 nitrogen and oxygen atoms in total. The van der Waals surface area contributed by atoms with Crippen LogP contribution in [-0.4, -0.2) is 25.2 Å². The molecule has 0 amide bonds. The van der Waals surface area contributed by atoms with Crippen LogP contribution < -0.4 is 10.1 Å². The maximum absolute atomic E-state index is 5.47. The molecule has 0 aromatic carbocycles. The summed E-state index contributed by atoms with van der Waals surface area (Å²) in [5.74, 6) is 0.810. The van der Waals surface area contributed by atoms with Gasteiger partial charge < -0.3 is 14.8 Å². The third-order valence-corrected chi connectivity index (χ3v) is 3.43. The molecule has 0 spiro atoms. The second kappa shape index (κ2) is 6.59. The Balaban J connectivity index is 2.12. The van der Waals surface area contributed by atoms with Gasteiger partial charge in [-0.05, 0) is 18.9 Å². The van der Waals surface area contributed by atoms with Gasteiger partial charge >= 0.3 is 0 Å². The SMILES string of the molecule is COCc1nccc(NC2CCCCC2)c1OC. The summed E-state index contributed by atoms with van der Waals surface area (Å²) in [7, 11) is 3.35. The number of hydrogen-bond acceptors (Lipinski definition) is 4. The number of methoxy groups -OCH3 is 2. The Hall–Kier alpha value is -1.29. The Bertz CT molecular complexity index is 376. The molecule has 1 aliphatic rings. The molecule has 0 aliphatic heterocycles. The fraction of sp³-hybridized carbons (Fsp3) is 0.643. The minimum atomic E-state index is 0.476. The molecule has 1 N–H and O–H groups in total. The van der Waals surface area contributed by atoms with E-state index in [-0.39, 0.29) is 0 Å². The third-order valence-electron chi connectivity index (χ3n) is 3.43. The van der Waals surface area contributed by atoms with E-state index in [0.717, 1.165) is 17.1 Å². The summed E-state index contributed by atoms with van der Waals surface area (Å²) in [6.07, 6.45) is 8.28. The van der Waals surface area contributed by atoms with Crippen LogP contribution in [0.5, 0.6) is 5.75 Å². The lowest BCUT2D eigenvalue weighted by molar-refractivity contribution is 0.178. The first-order valence-electron chi connectivity index (χ1n) is 6.62. The summed E-state index contributed by atoms with van der Waals surface area (Å²) in [5.41, 5.74) is 1.88. The van der Waals surface area contributed by atoms with Crippen molar-refractivity contribution in [1.82, 2.24) is 4.98 Å². The highest BCUT2D eigenvalue weighted by atomic mass is 16.5. The number of nitrogens with one attached hydrogen (secondary N) is 1. The van der Waals surface area contributed by atoms with E-state index in [9.17, 15) is 0 Å². The van der Waals surface area contributed by atoms with Crippen LogP contribution in [0.25, 0.3) is 0 Å². The summed E-state index contributed by atoms with van der Waals surface area (Å²) >= 11 is 0. The van der Waals surface area contributed by atoms with E-state index in [2.05, 4.69) is 10.3 Å². The van der Waals surface area contributed by atoms with Crippen molar-refractivity contribution < 1.29 is 9.47 Å². The molecular formula is C14H22N2O2. The van der Waals surface area contributed by atoms with Gasteiger partial charge in [-0.1, -0.05) is 19.3 Å². The van der Waals surface area contributed by atoms with E-state index in [1.165, 1.54) is 32.1 Å². The number of anilines is 1. The van der Waals surface area contributed by atoms with Crippen molar-refractivity contribution in [1.29, 1.82) is 0 Å². The lowest BCUT2D eigenvalue weighted by Gasteiger charge is -2.25. The molecule has 4 heteroatoms. The van der Waals surface area contributed by atoms with Gasteiger partial charge in [0.2, 0.25) is 0 Å². The van der Waals surface area contributed by atoms with E-state index in [0.29, 0.717) is 12.6 Å². The Morgan fingerprint density at radius 3 is 2.72 bits per heavy atom. The van der Waals surface area contributed by atoms with Crippen molar-refractivity contribution in [2.24, 2.45) is 0 Å². The molecule has 18 heavy (non-hydrogen) atoms. The molecule has 0 unspecified atom stereocenters. The van der Waals surface area contributed by atoms with Crippen LogP contribution in [0.4, 0.5) is 5.69 Å². The highest BCUT2D eigenvalue weighted by molar-refractivity contribution is 5.58. The van der Waals surface area contributed by atoms with Crippen molar-refractivity contribution >= 4 is 5.69 Å². The zero-order chi connectivity index (χ0) is 12.8. The second-order valence-corrected chi connectivity index (χ2v) is 4.75. The first-order chi connectivity index (χ1) is 8.85. The highest BCUT2D eigenvalue weighted by Gasteiger charge is 2.16. The van der Waals surface area contributed by atoms with Crippen LogP contribution in [0, 0.1) is 0 Å². The van der Waals surface area contributed by atoms with Gasteiger partial charge in [0.15, 0.2) is 5.75 Å². The molecule has 1 aromatic rings. The summed E-state index contributed by atoms with van der Waals surface area (Å²) in [5, 5.41) is 3.58. The number of hydrogen-bond donors (Lipinski definition) is 1. The highest BCUT2D eigenvalue weighted by Crippen LogP contribution is 2.30. The van der Waals surface area contributed by atoms with Crippen molar-refractivity contribution in [3.8, 4) is 5.75 Å². The molecule has 0 atom stereocenters. The Labute approximate surface area is 109 Å². The Morgan fingerprint density at radius 2 is 2.06 bits per heavy atom. The van der Waals surface area contributed by atoms with E-state index < -0.39 is 0 Å². The van der Waals surface area contributed by atoms with E-state index in [4.69, 9.17) is 9.47 Å². The summed E-state index contributed by atoms with van der Waals surface area (Å²) in [6.45, 7) is 0.476. The van der Waals surface area contributed by atoms with Crippen molar-refractivity contribution in [3.05, 3.63) is 18.0 Å². The smallest absolute Gasteiger partial charge is 0.165 e. The monoisotopic (exact) mass is 250 g/mol. The van der Waals surface area contributed by atoms with Crippen molar-refractivity contribution in [2.75, 3.05) is 19.5 Å². The van der Waals surface area contributed by atoms with Crippen LogP contribution in [0.3, 0.4) is 0 Å². The summed E-state index contributed by atoms with van der Waals surface area (Å²) in [6, 6.07) is 2.54. The van der Waals surface area contributed by atoms with Crippen molar-refractivity contribution in [3.63, 3.8) is 0 Å².